The zero-order chi connectivity index (χ0) is 15.6. The number of H-pyrrole nitrogens is 1. The Hall–Kier alpha value is -2.01. The quantitative estimate of drug-likeness (QED) is 0.890. The number of carbonyl (C=O) groups is 1. The highest BCUT2D eigenvalue weighted by Gasteiger charge is 2.29. The number of methoxy groups -OCH3 is 1. The summed E-state index contributed by atoms with van der Waals surface area (Å²) in [6.07, 6.45) is 4.72. The summed E-state index contributed by atoms with van der Waals surface area (Å²) in [5.74, 6) is 0. The first-order chi connectivity index (χ1) is 10.6. The molecule has 1 aromatic carbocycles. The number of hydrogen-bond acceptors (Lipinski definition) is 2. The molecule has 0 spiro atoms. The zero-order valence-corrected chi connectivity index (χ0v) is 13.2. The maximum Gasteiger partial charge on any atom is 0.321 e. The molecular formula is C17H23N3O2. The third-order valence-electron chi connectivity index (χ3n) is 4.63. The maximum absolute atomic E-state index is 12.5. The smallest absolute Gasteiger partial charge is 0.321 e. The number of fused-ring (bicyclic) bond motifs is 1. The van der Waals surface area contributed by atoms with Gasteiger partial charge in [0.05, 0.1) is 5.60 Å². The molecule has 3 rings (SSSR count). The van der Waals surface area contributed by atoms with Crippen molar-refractivity contribution in [2.24, 2.45) is 0 Å². The fourth-order valence-corrected chi connectivity index (χ4v) is 2.99. The largest absolute Gasteiger partial charge is 0.378 e. The molecule has 2 aromatic rings. The van der Waals surface area contributed by atoms with Crippen LogP contribution in [0.4, 0.5) is 10.5 Å². The van der Waals surface area contributed by atoms with E-state index in [-0.39, 0.29) is 11.6 Å². The molecule has 1 saturated heterocycles. The molecule has 5 heteroatoms. The molecule has 1 aromatic heterocycles. The van der Waals surface area contributed by atoms with E-state index in [0.29, 0.717) is 0 Å². The van der Waals surface area contributed by atoms with Gasteiger partial charge in [-0.05, 0) is 49.8 Å². The molecule has 1 aliphatic heterocycles. The highest BCUT2D eigenvalue weighted by atomic mass is 16.5. The van der Waals surface area contributed by atoms with Gasteiger partial charge < -0.3 is 19.9 Å². The minimum Gasteiger partial charge on any atom is -0.378 e. The van der Waals surface area contributed by atoms with Crippen molar-refractivity contribution in [3.63, 3.8) is 0 Å². The second kappa shape index (κ2) is 6.01. The lowest BCUT2D eigenvalue weighted by molar-refractivity contribution is -0.00491. The molecule has 5 nitrogen and oxygen atoms in total. The molecule has 0 unspecified atom stereocenters. The molecule has 0 radical (unpaired) electrons. The van der Waals surface area contributed by atoms with Gasteiger partial charge in [0.2, 0.25) is 0 Å². The number of amides is 2. The summed E-state index contributed by atoms with van der Waals surface area (Å²) in [5, 5.41) is 4.14. The number of likely N-dealkylation sites (tertiary alicyclic amines) is 1. The van der Waals surface area contributed by atoms with Gasteiger partial charge >= 0.3 is 6.03 Å². The van der Waals surface area contributed by atoms with E-state index in [0.717, 1.165) is 48.9 Å². The van der Waals surface area contributed by atoms with E-state index in [2.05, 4.69) is 17.2 Å². The summed E-state index contributed by atoms with van der Waals surface area (Å²) in [6, 6.07) is 7.88. The van der Waals surface area contributed by atoms with Gasteiger partial charge in [0.1, 0.15) is 0 Å². The van der Waals surface area contributed by atoms with Crippen molar-refractivity contribution in [3.8, 4) is 0 Å². The Morgan fingerprint density at radius 2 is 2.18 bits per heavy atom. The number of urea groups is 1. The molecule has 22 heavy (non-hydrogen) atoms. The second-order valence-electron chi connectivity index (χ2n) is 6.20. The normalized spacial score (nSPS) is 22.5. The highest BCUT2D eigenvalue weighted by molar-refractivity contribution is 5.92. The Morgan fingerprint density at radius 1 is 1.32 bits per heavy atom. The van der Waals surface area contributed by atoms with E-state index in [1.807, 2.05) is 35.4 Å². The van der Waals surface area contributed by atoms with Gasteiger partial charge in [-0.1, -0.05) is 6.07 Å². The van der Waals surface area contributed by atoms with E-state index in [1.54, 1.807) is 7.11 Å². The van der Waals surface area contributed by atoms with Gasteiger partial charge in [0, 0.05) is 37.6 Å². The third-order valence-corrected chi connectivity index (χ3v) is 4.63. The predicted molar refractivity (Wildman–Crippen MR) is 88.2 cm³/mol. The third kappa shape index (κ3) is 3.09. The number of rotatable bonds is 2. The minimum absolute atomic E-state index is 0.0359. The summed E-state index contributed by atoms with van der Waals surface area (Å²) in [5.41, 5.74) is 1.73. The van der Waals surface area contributed by atoms with E-state index >= 15 is 0 Å². The monoisotopic (exact) mass is 301 g/mol. The Kier molecular flexibility index (Phi) is 4.07. The number of nitrogens with zero attached hydrogens (tertiary/aromatic N) is 1. The molecule has 2 N–H and O–H groups in total. The van der Waals surface area contributed by atoms with Crippen molar-refractivity contribution in [1.29, 1.82) is 0 Å². The molecule has 0 aliphatic carbocycles. The van der Waals surface area contributed by atoms with Crippen molar-refractivity contribution in [3.05, 3.63) is 30.5 Å². The van der Waals surface area contributed by atoms with Crippen LogP contribution in [0.5, 0.6) is 0 Å². The molecule has 2 amide bonds. The van der Waals surface area contributed by atoms with Crippen LogP contribution >= 0.6 is 0 Å². The van der Waals surface area contributed by atoms with E-state index < -0.39 is 0 Å². The zero-order valence-electron chi connectivity index (χ0n) is 13.2. The second-order valence-corrected chi connectivity index (χ2v) is 6.20. The maximum atomic E-state index is 12.5. The summed E-state index contributed by atoms with van der Waals surface area (Å²) in [4.78, 5) is 17.5. The standard InChI is InChI=1S/C17H23N3O2/c1-17(22-2)7-3-10-20(11-8-17)16(21)19-14-5-4-13-6-9-18-15(13)12-14/h4-6,9,12,18H,3,7-8,10-11H2,1-2H3,(H,19,21)/t17-/m0/s1. The van der Waals surface area contributed by atoms with Gasteiger partial charge in [-0.15, -0.1) is 0 Å². The lowest BCUT2D eigenvalue weighted by Crippen LogP contribution is -2.37. The lowest BCUT2D eigenvalue weighted by atomic mass is 9.97. The number of aromatic nitrogens is 1. The average Bonchev–Trinajstić information content (AvgIpc) is 2.88. The van der Waals surface area contributed by atoms with Crippen molar-refractivity contribution in [2.75, 3.05) is 25.5 Å². The average molecular weight is 301 g/mol. The SMILES string of the molecule is CO[C@@]1(C)CCCN(C(=O)Nc2ccc3cc[nH]c3c2)CC1. The van der Waals surface area contributed by atoms with Crippen molar-refractivity contribution in [1.82, 2.24) is 9.88 Å². The van der Waals surface area contributed by atoms with Gasteiger partial charge in [0.15, 0.2) is 0 Å². The molecular weight excluding hydrogens is 278 g/mol. The fraction of sp³-hybridized carbons (Fsp3) is 0.471. The summed E-state index contributed by atoms with van der Waals surface area (Å²) >= 11 is 0. The van der Waals surface area contributed by atoms with E-state index in [1.165, 1.54) is 0 Å². The van der Waals surface area contributed by atoms with Crippen LogP contribution in [0.25, 0.3) is 10.9 Å². The summed E-state index contributed by atoms with van der Waals surface area (Å²) < 4.78 is 5.58. The Morgan fingerprint density at radius 3 is 3.00 bits per heavy atom. The topological polar surface area (TPSA) is 57.4 Å². The molecule has 1 atom stereocenters. The van der Waals surface area contributed by atoms with Crippen LogP contribution in [0.3, 0.4) is 0 Å². The van der Waals surface area contributed by atoms with Crippen molar-refractivity contribution < 1.29 is 9.53 Å². The number of nitrogens with one attached hydrogen (secondary N) is 2. The molecule has 1 fully saturated rings. The van der Waals surface area contributed by atoms with Crippen LogP contribution in [-0.4, -0.2) is 41.7 Å². The Labute approximate surface area is 130 Å². The number of carbonyl (C=O) groups excluding carboxylic acids is 1. The van der Waals surface area contributed by atoms with Crippen LogP contribution in [0, 0.1) is 0 Å². The number of hydrogen-bond donors (Lipinski definition) is 2. The molecule has 0 saturated carbocycles. The first-order valence-electron chi connectivity index (χ1n) is 7.78. The molecule has 118 valence electrons. The number of benzene rings is 1. The molecule has 1 aliphatic rings. The number of aromatic amines is 1. The Balaban J connectivity index is 1.66. The van der Waals surface area contributed by atoms with E-state index in [9.17, 15) is 4.79 Å². The van der Waals surface area contributed by atoms with Crippen LogP contribution in [0.15, 0.2) is 30.5 Å². The first-order valence-corrected chi connectivity index (χ1v) is 7.78. The first kappa shape index (κ1) is 14.9. The summed E-state index contributed by atoms with van der Waals surface area (Å²) in [6.45, 7) is 3.62. The number of anilines is 1. The minimum atomic E-state index is -0.113. The van der Waals surface area contributed by atoms with Gasteiger partial charge in [-0.25, -0.2) is 4.79 Å². The van der Waals surface area contributed by atoms with Crippen LogP contribution in [0.2, 0.25) is 0 Å². The predicted octanol–water partition coefficient (Wildman–Crippen LogP) is 3.59. The van der Waals surface area contributed by atoms with Crippen molar-refractivity contribution in [2.45, 2.75) is 31.8 Å². The van der Waals surface area contributed by atoms with Gasteiger partial charge in [-0.3, -0.25) is 0 Å². The molecule has 0 bridgehead atoms. The fourth-order valence-electron chi connectivity index (χ4n) is 2.99. The lowest BCUT2D eigenvalue weighted by Gasteiger charge is -2.26. The number of ether oxygens (including phenoxy) is 1. The van der Waals surface area contributed by atoms with Crippen LogP contribution in [0.1, 0.15) is 26.2 Å². The highest BCUT2D eigenvalue weighted by Crippen LogP contribution is 2.25. The Bertz CT molecular complexity index is 667. The van der Waals surface area contributed by atoms with Gasteiger partial charge in [-0.2, -0.15) is 0 Å². The van der Waals surface area contributed by atoms with E-state index in [4.69, 9.17) is 4.74 Å². The van der Waals surface area contributed by atoms with Crippen molar-refractivity contribution >= 4 is 22.6 Å². The molecule has 2 heterocycles. The van der Waals surface area contributed by atoms with Gasteiger partial charge in [0.25, 0.3) is 0 Å². The van der Waals surface area contributed by atoms with Crippen LogP contribution in [-0.2, 0) is 4.74 Å². The summed E-state index contributed by atoms with van der Waals surface area (Å²) in [7, 11) is 1.75. The van der Waals surface area contributed by atoms with Crippen LogP contribution < -0.4 is 5.32 Å².